The molecule has 2 amide bonds. The van der Waals surface area contributed by atoms with Gasteiger partial charge in [0.2, 0.25) is 11.8 Å². The van der Waals surface area contributed by atoms with Gasteiger partial charge in [-0.1, -0.05) is 24.3 Å². The van der Waals surface area contributed by atoms with Gasteiger partial charge >= 0.3 is 0 Å². The summed E-state index contributed by atoms with van der Waals surface area (Å²) >= 11 is 1.55. The molecule has 0 radical (unpaired) electrons. The minimum absolute atomic E-state index is 0.0337. The molecule has 1 aromatic heterocycles. The Morgan fingerprint density at radius 3 is 2.43 bits per heavy atom. The largest absolute Gasteiger partial charge is 0.275 e. The summed E-state index contributed by atoms with van der Waals surface area (Å²) < 4.78 is 1.09. The van der Waals surface area contributed by atoms with Gasteiger partial charge in [-0.05, 0) is 25.0 Å². The molecule has 2 atom stereocenters. The number of amides is 2. The van der Waals surface area contributed by atoms with E-state index in [0.717, 1.165) is 15.2 Å². The maximum Gasteiger partial charge on any atom is 0.233 e. The van der Waals surface area contributed by atoms with Crippen LogP contribution in [0.3, 0.4) is 0 Å². The Labute approximate surface area is 126 Å². The third-order valence-electron chi connectivity index (χ3n) is 4.23. The van der Waals surface area contributed by atoms with Crippen LogP contribution in [0.5, 0.6) is 0 Å². The molecule has 5 heteroatoms. The lowest BCUT2D eigenvalue weighted by atomic mass is 9.85. The van der Waals surface area contributed by atoms with Crippen LogP contribution in [-0.2, 0) is 16.1 Å². The quantitative estimate of drug-likeness (QED) is 0.633. The van der Waals surface area contributed by atoms with E-state index in [9.17, 15) is 9.59 Å². The molecular formula is C16H14N2O2S. The number of nitrogens with zero attached hydrogens (tertiary/aromatic N) is 2. The number of fused-ring (bicyclic) bond motifs is 2. The summed E-state index contributed by atoms with van der Waals surface area (Å²) in [4.78, 5) is 30.8. The van der Waals surface area contributed by atoms with E-state index in [-0.39, 0.29) is 23.7 Å². The van der Waals surface area contributed by atoms with Crippen molar-refractivity contribution in [3.05, 3.63) is 41.4 Å². The lowest BCUT2D eigenvalue weighted by Crippen LogP contribution is -2.30. The van der Waals surface area contributed by atoms with Gasteiger partial charge in [0, 0.05) is 0 Å². The number of thiazole rings is 1. The van der Waals surface area contributed by atoms with Gasteiger partial charge in [0.05, 0.1) is 28.6 Å². The van der Waals surface area contributed by atoms with E-state index >= 15 is 0 Å². The van der Waals surface area contributed by atoms with Crippen LogP contribution in [0.25, 0.3) is 10.2 Å². The van der Waals surface area contributed by atoms with Crippen molar-refractivity contribution in [2.24, 2.45) is 11.8 Å². The fraction of sp³-hybridized carbons (Fsp3) is 0.312. The van der Waals surface area contributed by atoms with E-state index in [2.05, 4.69) is 4.98 Å². The molecule has 1 aliphatic heterocycles. The van der Waals surface area contributed by atoms with Crippen LogP contribution in [-0.4, -0.2) is 21.7 Å². The van der Waals surface area contributed by atoms with Crippen LogP contribution < -0.4 is 0 Å². The predicted octanol–water partition coefficient (Wildman–Crippen LogP) is 2.75. The highest BCUT2D eigenvalue weighted by molar-refractivity contribution is 7.18. The van der Waals surface area contributed by atoms with Crippen LogP contribution in [0.1, 0.15) is 17.8 Å². The number of hydrogen-bond acceptors (Lipinski definition) is 4. The van der Waals surface area contributed by atoms with Gasteiger partial charge in [0.15, 0.2) is 0 Å². The molecule has 2 aromatic rings. The van der Waals surface area contributed by atoms with Crippen LogP contribution in [0.2, 0.25) is 0 Å². The lowest BCUT2D eigenvalue weighted by molar-refractivity contribution is -0.140. The molecule has 1 fully saturated rings. The Hall–Kier alpha value is -2.01. The molecule has 4 nitrogen and oxygen atoms in total. The molecule has 0 saturated carbocycles. The van der Waals surface area contributed by atoms with Gasteiger partial charge < -0.3 is 0 Å². The average molecular weight is 298 g/mol. The van der Waals surface area contributed by atoms with Gasteiger partial charge in [0.1, 0.15) is 5.01 Å². The number of para-hydroxylation sites is 1. The number of benzene rings is 1. The van der Waals surface area contributed by atoms with Gasteiger partial charge in [-0.3, -0.25) is 14.5 Å². The van der Waals surface area contributed by atoms with Crippen molar-refractivity contribution >= 4 is 33.4 Å². The number of carbonyl (C=O) groups excluding carboxylic acids is 2. The summed E-state index contributed by atoms with van der Waals surface area (Å²) in [6.45, 7) is 0.310. The summed E-state index contributed by atoms with van der Waals surface area (Å²) in [5.41, 5.74) is 0.927. The first-order chi connectivity index (χ1) is 10.2. The van der Waals surface area contributed by atoms with Crippen LogP contribution in [0.15, 0.2) is 36.4 Å². The van der Waals surface area contributed by atoms with E-state index in [1.807, 2.05) is 36.4 Å². The summed E-state index contributed by atoms with van der Waals surface area (Å²) in [7, 11) is 0. The zero-order valence-electron chi connectivity index (χ0n) is 11.4. The lowest BCUT2D eigenvalue weighted by Gasteiger charge is -2.14. The second-order valence-electron chi connectivity index (χ2n) is 5.49. The molecule has 0 N–H and O–H groups in total. The monoisotopic (exact) mass is 298 g/mol. The molecule has 1 saturated heterocycles. The highest BCUT2D eigenvalue weighted by atomic mass is 32.1. The number of likely N-dealkylation sites (tertiary alicyclic amines) is 1. The third kappa shape index (κ3) is 2.00. The summed E-state index contributed by atoms with van der Waals surface area (Å²) in [5, 5.41) is 0.824. The number of aromatic nitrogens is 1. The zero-order valence-corrected chi connectivity index (χ0v) is 12.2. The number of allylic oxidation sites excluding steroid dienone is 2. The molecule has 106 valence electrons. The fourth-order valence-electron chi connectivity index (χ4n) is 3.15. The molecule has 2 heterocycles. The molecular weight excluding hydrogens is 284 g/mol. The van der Waals surface area contributed by atoms with E-state index in [0.29, 0.717) is 19.4 Å². The van der Waals surface area contributed by atoms with Crippen molar-refractivity contribution < 1.29 is 9.59 Å². The fourth-order valence-corrected chi connectivity index (χ4v) is 4.10. The number of hydrogen-bond donors (Lipinski definition) is 0. The first kappa shape index (κ1) is 12.7. The second kappa shape index (κ2) is 4.77. The number of rotatable bonds is 2. The molecule has 1 aliphatic carbocycles. The Morgan fingerprint density at radius 1 is 1.10 bits per heavy atom. The first-order valence-electron chi connectivity index (χ1n) is 7.09. The van der Waals surface area contributed by atoms with E-state index in [1.165, 1.54) is 4.90 Å². The molecule has 21 heavy (non-hydrogen) atoms. The van der Waals surface area contributed by atoms with Crippen molar-refractivity contribution in [1.82, 2.24) is 9.88 Å². The van der Waals surface area contributed by atoms with E-state index in [4.69, 9.17) is 0 Å². The standard InChI is InChI=1S/C16H14N2O2S/c19-15-10-5-1-2-6-11(10)16(20)18(15)9-14-17-12-7-3-4-8-13(12)21-14/h1-4,7-8,10-11H,5-6,9H2/t10-,11-/m1/s1. The molecule has 0 spiro atoms. The number of carbonyl (C=O) groups is 2. The van der Waals surface area contributed by atoms with E-state index in [1.54, 1.807) is 11.3 Å². The van der Waals surface area contributed by atoms with Gasteiger partial charge in [-0.2, -0.15) is 0 Å². The van der Waals surface area contributed by atoms with Gasteiger partial charge in [-0.15, -0.1) is 11.3 Å². The minimum Gasteiger partial charge on any atom is -0.275 e. The highest BCUT2D eigenvalue weighted by Gasteiger charge is 2.47. The van der Waals surface area contributed by atoms with Crippen molar-refractivity contribution in [1.29, 1.82) is 0 Å². The number of imide groups is 1. The normalized spacial score (nSPS) is 24.9. The topological polar surface area (TPSA) is 50.3 Å². The SMILES string of the molecule is O=C1[C@@H]2CC=CC[C@H]2C(=O)N1Cc1nc2ccccc2s1. The maximum absolute atomic E-state index is 12.4. The highest BCUT2D eigenvalue weighted by Crippen LogP contribution is 2.36. The summed E-state index contributed by atoms with van der Waals surface area (Å²) in [6, 6.07) is 7.87. The van der Waals surface area contributed by atoms with E-state index < -0.39 is 0 Å². The van der Waals surface area contributed by atoms with Crippen LogP contribution in [0.4, 0.5) is 0 Å². The van der Waals surface area contributed by atoms with Gasteiger partial charge in [-0.25, -0.2) is 4.98 Å². The van der Waals surface area contributed by atoms with Crippen LogP contribution >= 0.6 is 11.3 Å². The Morgan fingerprint density at radius 2 is 1.76 bits per heavy atom. The second-order valence-corrected chi connectivity index (χ2v) is 6.61. The average Bonchev–Trinajstić information content (AvgIpc) is 3.02. The van der Waals surface area contributed by atoms with Crippen molar-refractivity contribution in [2.75, 3.05) is 0 Å². The molecule has 0 bridgehead atoms. The third-order valence-corrected chi connectivity index (χ3v) is 5.25. The minimum atomic E-state index is -0.156. The zero-order chi connectivity index (χ0) is 14.4. The van der Waals surface area contributed by atoms with Crippen molar-refractivity contribution in [2.45, 2.75) is 19.4 Å². The van der Waals surface area contributed by atoms with Crippen molar-refractivity contribution in [3.63, 3.8) is 0 Å². The Balaban J connectivity index is 1.62. The molecule has 4 rings (SSSR count). The summed E-state index contributed by atoms with van der Waals surface area (Å²) in [5.74, 6) is -0.379. The molecule has 1 aromatic carbocycles. The molecule has 2 aliphatic rings. The summed E-state index contributed by atoms with van der Waals surface area (Å²) in [6.07, 6.45) is 5.39. The van der Waals surface area contributed by atoms with Crippen molar-refractivity contribution in [3.8, 4) is 0 Å². The first-order valence-corrected chi connectivity index (χ1v) is 7.90. The Kier molecular flexibility index (Phi) is 2.89. The smallest absolute Gasteiger partial charge is 0.233 e. The van der Waals surface area contributed by atoms with Gasteiger partial charge in [0.25, 0.3) is 0 Å². The Bertz CT molecular complexity index is 705. The molecule has 0 unspecified atom stereocenters. The van der Waals surface area contributed by atoms with Crippen LogP contribution in [0, 0.1) is 11.8 Å². The predicted molar refractivity (Wildman–Crippen MR) is 80.5 cm³/mol. The maximum atomic E-state index is 12.4.